The number of nitrogens with one attached hydrogen (secondary N) is 2. The Morgan fingerprint density at radius 2 is 1.20 bits per heavy atom. The lowest BCUT2D eigenvalue weighted by atomic mass is 9.70. The first-order valence-electron chi connectivity index (χ1n) is 9.10. The third kappa shape index (κ3) is 2.46. The topological polar surface area (TPSA) is 24.1 Å². The highest BCUT2D eigenvalue weighted by atomic mass is 15.0. The van der Waals surface area contributed by atoms with Crippen LogP contribution in [0.3, 0.4) is 0 Å². The third-order valence-electron chi connectivity index (χ3n) is 6.37. The quantitative estimate of drug-likeness (QED) is 0.662. The summed E-state index contributed by atoms with van der Waals surface area (Å²) in [6.07, 6.45) is 14.2. The van der Waals surface area contributed by atoms with Gasteiger partial charge in [0.15, 0.2) is 0 Å². The number of hydrogen-bond donors (Lipinski definition) is 2. The molecule has 1 saturated carbocycles. The van der Waals surface area contributed by atoms with Crippen LogP contribution in [0.5, 0.6) is 0 Å². The molecule has 0 radical (unpaired) electrons. The van der Waals surface area contributed by atoms with Gasteiger partial charge in [0, 0.05) is 25.2 Å². The first-order valence-corrected chi connectivity index (χ1v) is 9.10. The summed E-state index contributed by atoms with van der Waals surface area (Å²) in [5.74, 6) is 1.73. The van der Waals surface area contributed by atoms with Crippen LogP contribution in [0.2, 0.25) is 0 Å². The SMILES string of the molecule is C1CC2=C3C(C1)CNC1CCCCC1NCC3CCC2. The molecule has 1 aliphatic heterocycles. The van der Waals surface area contributed by atoms with Crippen molar-refractivity contribution in [3.63, 3.8) is 0 Å². The summed E-state index contributed by atoms with van der Waals surface area (Å²) < 4.78 is 0. The maximum atomic E-state index is 3.96. The van der Waals surface area contributed by atoms with Crippen LogP contribution in [-0.2, 0) is 0 Å². The second kappa shape index (κ2) is 5.81. The van der Waals surface area contributed by atoms with Crippen molar-refractivity contribution in [1.82, 2.24) is 10.6 Å². The molecule has 3 aliphatic carbocycles. The highest BCUT2D eigenvalue weighted by Gasteiger charge is 2.35. The lowest BCUT2D eigenvalue weighted by molar-refractivity contribution is 0.280. The fourth-order valence-electron chi connectivity index (χ4n) is 5.39. The molecular formula is C18H30N2. The van der Waals surface area contributed by atoms with Gasteiger partial charge >= 0.3 is 0 Å². The molecule has 4 rings (SSSR count). The molecule has 0 aromatic carbocycles. The van der Waals surface area contributed by atoms with Crippen LogP contribution in [0.4, 0.5) is 0 Å². The third-order valence-corrected chi connectivity index (χ3v) is 6.37. The molecule has 4 unspecified atom stereocenters. The first kappa shape index (κ1) is 13.3. The zero-order valence-corrected chi connectivity index (χ0v) is 12.8. The summed E-state index contributed by atoms with van der Waals surface area (Å²) in [6.45, 7) is 2.52. The molecule has 0 aromatic rings. The minimum atomic E-state index is 0.745. The van der Waals surface area contributed by atoms with E-state index in [1.807, 2.05) is 11.1 Å². The predicted octanol–water partition coefficient (Wildman–Crippen LogP) is 3.39. The molecule has 1 heterocycles. The van der Waals surface area contributed by atoms with Gasteiger partial charge in [-0.1, -0.05) is 24.0 Å². The van der Waals surface area contributed by atoms with E-state index < -0.39 is 0 Å². The van der Waals surface area contributed by atoms with Crippen molar-refractivity contribution in [2.75, 3.05) is 13.1 Å². The Morgan fingerprint density at radius 3 is 1.75 bits per heavy atom. The summed E-state index contributed by atoms with van der Waals surface area (Å²) in [7, 11) is 0. The van der Waals surface area contributed by atoms with Gasteiger partial charge in [0.1, 0.15) is 0 Å². The molecule has 1 saturated heterocycles. The largest absolute Gasteiger partial charge is 0.312 e. The maximum absolute atomic E-state index is 3.96. The van der Waals surface area contributed by atoms with Gasteiger partial charge in [0.05, 0.1) is 0 Å². The maximum Gasteiger partial charge on any atom is 0.0221 e. The molecule has 2 heteroatoms. The number of fused-ring (bicyclic) bond motifs is 1. The van der Waals surface area contributed by atoms with Gasteiger partial charge in [-0.2, -0.15) is 0 Å². The summed E-state index contributed by atoms with van der Waals surface area (Å²) >= 11 is 0. The Hall–Kier alpha value is -0.340. The van der Waals surface area contributed by atoms with E-state index in [1.54, 1.807) is 0 Å². The van der Waals surface area contributed by atoms with Crippen LogP contribution in [0.15, 0.2) is 11.1 Å². The minimum Gasteiger partial charge on any atom is -0.312 e. The Labute approximate surface area is 123 Å². The summed E-state index contributed by atoms with van der Waals surface area (Å²) in [4.78, 5) is 0. The van der Waals surface area contributed by atoms with Crippen molar-refractivity contribution < 1.29 is 0 Å². The lowest BCUT2D eigenvalue weighted by Crippen LogP contribution is -2.50. The van der Waals surface area contributed by atoms with Crippen molar-refractivity contribution >= 4 is 0 Å². The van der Waals surface area contributed by atoms with Crippen LogP contribution >= 0.6 is 0 Å². The Morgan fingerprint density at radius 1 is 0.650 bits per heavy atom. The van der Waals surface area contributed by atoms with Crippen molar-refractivity contribution in [2.45, 2.75) is 76.3 Å². The van der Waals surface area contributed by atoms with E-state index in [0.717, 1.165) is 23.9 Å². The molecule has 2 N–H and O–H groups in total. The van der Waals surface area contributed by atoms with Gasteiger partial charge in [0.2, 0.25) is 0 Å². The second-order valence-electron chi connectivity index (χ2n) is 7.55. The second-order valence-corrected chi connectivity index (χ2v) is 7.55. The standard InChI is InChI=1S/C18H30N2/c1-2-10-17-16(9-1)19-11-14-7-3-5-13-6-4-8-15(12-20-17)18(13)14/h14-17,19-20H,1-12H2. The van der Waals surface area contributed by atoms with Crippen molar-refractivity contribution in [1.29, 1.82) is 0 Å². The monoisotopic (exact) mass is 274 g/mol. The van der Waals surface area contributed by atoms with Crippen molar-refractivity contribution in [3.05, 3.63) is 11.1 Å². The van der Waals surface area contributed by atoms with Gasteiger partial charge < -0.3 is 10.6 Å². The minimum absolute atomic E-state index is 0.745. The molecule has 2 fully saturated rings. The molecule has 4 atom stereocenters. The molecule has 0 bridgehead atoms. The van der Waals surface area contributed by atoms with E-state index in [1.165, 1.54) is 77.3 Å². The number of allylic oxidation sites excluding steroid dienone is 1. The molecular weight excluding hydrogens is 244 g/mol. The van der Waals surface area contributed by atoms with Gasteiger partial charge in [-0.3, -0.25) is 0 Å². The molecule has 0 aromatic heterocycles. The number of rotatable bonds is 0. The average Bonchev–Trinajstić information content (AvgIpc) is 2.58. The van der Waals surface area contributed by atoms with Gasteiger partial charge in [0.25, 0.3) is 0 Å². The van der Waals surface area contributed by atoms with Crippen LogP contribution < -0.4 is 10.6 Å². The van der Waals surface area contributed by atoms with Crippen LogP contribution in [-0.4, -0.2) is 25.2 Å². The van der Waals surface area contributed by atoms with E-state index in [4.69, 9.17) is 0 Å². The zero-order valence-electron chi connectivity index (χ0n) is 12.8. The van der Waals surface area contributed by atoms with Crippen molar-refractivity contribution in [3.8, 4) is 0 Å². The van der Waals surface area contributed by atoms with Gasteiger partial charge in [-0.15, -0.1) is 0 Å². The smallest absolute Gasteiger partial charge is 0.0221 e. The van der Waals surface area contributed by atoms with E-state index in [-0.39, 0.29) is 0 Å². The molecule has 4 aliphatic rings. The molecule has 2 nitrogen and oxygen atoms in total. The highest BCUT2D eigenvalue weighted by Crippen LogP contribution is 2.42. The molecule has 0 amide bonds. The van der Waals surface area contributed by atoms with E-state index >= 15 is 0 Å². The van der Waals surface area contributed by atoms with Crippen molar-refractivity contribution in [2.24, 2.45) is 11.8 Å². The zero-order chi connectivity index (χ0) is 13.4. The van der Waals surface area contributed by atoms with E-state index in [9.17, 15) is 0 Å². The Balaban J connectivity index is 1.60. The summed E-state index contributed by atoms with van der Waals surface area (Å²) in [6, 6.07) is 1.49. The average molecular weight is 274 g/mol. The number of hydrogen-bond acceptors (Lipinski definition) is 2. The van der Waals surface area contributed by atoms with Gasteiger partial charge in [-0.25, -0.2) is 0 Å². The highest BCUT2D eigenvalue weighted by molar-refractivity contribution is 5.26. The molecule has 0 spiro atoms. The lowest BCUT2D eigenvalue weighted by Gasteiger charge is -2.37. The molecule has 112 valence electrons. The fourth-order valence-corrected chi connectivity index (χ4v) is 5.39. The fraction of sp³-hybridized carbons (Fsp3) is 0.889. The van der Waals surface area contributed by atoms with Crippen LogP contribution in [0.1, 0.15) is 64.2 Å². The first-order chi connectivity index (χ1) is 9.92. The van der Waals surface area contributed by atoms with E-state index in [2.05, 4.69) is 10.6 Å². The van der Waals surface area contributed by atoms with Crippen LogP contribution in [0.25, 0.3) is 0 Å². The van der Waals surface area contributed by atoms with Crippen LogP contribution in [0, 0.1) is 11.8 Å². The summed E-state index contributed by atoms with van der Waals surface area (Å²) in [5, 5.41) is 7.91. The van der Waals surface area contributed by atoms with Gasteiger partial charge in [-0.05, 0) is 63.2 Å². The molecule has 20 heavy (non-hydrogen) atoms. The van der Waals surface area contributed by atoms with E-state index in [0.29, 0.717) is 0 Å². The predicted molar refractivity (Wildman–Crippen MR) is 83.8 cm³/mol. The Kier molecular flexibility index (Phi) is 3.87. The summed E-state index contributed by atoms with van der Waals surface area (Å²) in [5.41, 5.74) is 3.77. The Bertz CT molecular complexity index is 353. The normalized spacial score (nSPS) is 42.0.